The number of rotatable bonds is 9. The molecule has 1 saturated carbocycles. The minimum Gasteiger partial charge on any atom is -0.483 e. The third kappa shape index (κ3) is 6.95. The normalized spacial score (nSPS) is 21.5. The summed E-state index contributed by atoms with van der Waals surface area (Å²) in [6.45, 7) is 1.84. The van der Waals surface area contributed by atoms with E-state index in [2.05, 4.69) is 10.3 Å². The van der Waals surface area contributed by atoms with Crippen molar-refractivity contribution in [1.82, 2.24) is 9.88 Å². The van der Waals surface area contributed by atoms with E-state index in [1.807, 2.05) is 4.90 Å². The molecule has 6 N–H and O–H groups in total. The van der Waals surface area contributed by atoms with E-state index < -0.39 is 35.3 Å². The van der Waals surface area contributed by atoms with Crippen molar-refractivity contribution in [2.75, 3.05) is 37.2 Å². The average molecular weight is 555 g/mol. The minimum atomic E-state index is -1.34. The van der Waals surface area contributed by atoms with Gasteiger partial charge in [-0.3, -0.25) is 19.5 Å². The van der Waals surface area contributed by atoms with Gasteiger partial charge in [-0.1, -0.05) is 0 Å². The van der Waals surface area contributed by atoms with Gasteiger partial charge in [0, 0.05) is 29.9 Å². The first-order valence-electron chi connectivity index (χ1n) is 12.2. The monoisotopic (exact) mass is 554 g/mol. The van der Waals surface area contributed by atoms with Crippen LogP contribution in [0.4, 0.5) is 28.9 Å². The fourth-order valence-corrected chi connectivity index (χ4v) is 5.53. The molecule has 1 aliphatic heterocycles. The molecule has 2 aromatic rings. The zero-order valence-electron chi connectivity index (χ0n) is 20.5. The van der Waals surface area contributed by atoms with Crippen molar-refractivity contribution in [3.8, 4) is 0 Å². The molecule has 204 valence electrons. The van der Waals surface area contributed by atoms with E-state index in [1.165, 1.54) is 18.6 Å². The lowest BCUT2D eigenvalue weighted by Crippen LogP contribution is -3.08. The number of quaternary nitrogens is 1. The van der Waals surface area contributed by atoms with Crippen LogP contribution in [0.1, 0.15) is 30.3 Å². The molecule has 1 saturated heterocycles. The first-order valence-corrected chi connectivity index (χ1v) is 13.1. The lowest BCUT2D eigenvalue weighted by molar-refractivity contribution is -0.762. The van der Waals surface area contributed by atoms with E-state index in [9.17, 15) is 22.4 Å². The molecule has 2 fully saturated rings. The number of hydrogen-bond acceptors (Lipinski definition) is 6. The molecule has 3 atom stereocenters. The van der Waals surface area contributed by atoms with E-state index in [4.69, 9.17) is 15.9 Å². The largest absolute Gasteiger partial charge is 0.483 e. The van der Waals surface area contributed by atoms with Crippen LogP contribution in [0.5, 0.6) is 0 Å². The average Bonchev–Trinajstić information content (AvgIpc) is 3.29. The van der Waals surface area contributed by atoms with Crippen LogP contribution >= 0.6 is 11.9 Å². The van der Waals surface area contributed by atoms with Gasteiger partial charge in [0.05, 0.1) is 25.0 Å². The predicted octanol–water partition coefficient (Wildman–Crippen LogP) is 1.35. The molecule has 38 heavy (non-hydrogen) atoms. The van der Waals surface area contributed by atoms with Crippen molar-refractivity contribution in [2.24, 2.45) is 0 Å². The third-order valence-electron chi connectivity index (χ3n) is 6.39. The van der Waals surface area contributed by atoms with Crippen LogP contribution in [0.15, 0.2) is 48.1 Å². The number of ether oxygens (including phenoxy) is 1. The highest BCUT2D eigenvalue weighted by atomic mass is 32.2. The van der Waals surface area contributed by atoms with E-state index in [1.54, 1.807) is 6.07 Å². The predicted molar refractivity (Wildman–Crippen MR) is 136 cm³/mol. The Balaban J connectivity index is 1.49. The maximum atomic E-state index is 14.9. The number of allylic oxidation sites excluding steroid dienone is 1. The van der Waals surface area contributed by atoms with Gasteiger partial charge in [0.1, 0.15) is 54.6 Å². The number of amides is 1. The number of anilines is 2. The number of alkyl halides is 2. The number of nitrogens with zero attached hydrogens (tertiary/aromatic N) is 2. The van der Waals surface area contributed by atoms with Crippen LogP contribution in [0.2, 0.25) is 0 Å². The summed E-state index contributed by atoms with van der Waals surface area (Å²) in [5.41, 5.74) is 5.30. The molecule has 1 amide bonds. The van der Waals surface area contributed by atoms with Gasteiger partial charge in [-0.05, 0) is 31.0 Å². The molecule has 0 bridgehead atoms. The summed E-state index contributed by atoms with van der Waals surface area (Å²) < 4.78 is 62.9. The second-order valence-electron chi connectivity index (χ2n) is 9.11. The number of carbonyl (C=O) groups excluding carboxylic acids is 1. The number of nitrogens with one attached hydrogen (secondary N) is 2. The quantitative estimate of drug-likeness (QED) is 0.123. The number of carbonyl (C=O) groups is 1. The number of benzene rings is 1. The Labute approximate surface area is 221 Å². The maximum absolute atomic E-state index is 14.9. The molecule has 1 aromatic heterocycles. The van der Waals surface area contributed by atoms with Gasteiger partial charge in [0.15, 0.2) is 6.21 Å². The Hall–Kier alpha value is -3.32. The Kier molecular flexibility index (Phi) is 9.10. The number of nitrogen functional groups attached to an aromatic ring is 1. The molecule has 4 rings (SSSR count). The van der Waals surface area contributed by atoms with Gasteiger partial charge in [-0.25, -0.2) is 17.6 Å². The first-order chi connectivity index (χ1) is 18.2. The van der Waals surface area contributed by atoms with Crippen LogP contribution < -0.4 is 20.8 Å². The fraction of sp³-hybridized carbons (Fsp3) is 0.400. The zero-order chi connectivity index (χ0) is 27.2. The van der Waals surface area contributed by atoms with Crippen molar-refractivity contribution in [3.63, 3.8) is 0 Å². The number of aromatic nitrogens is 1. The smallest absolute Gasteiger partial charge is 0.293 e. The standard InChI is InChI=1S/C25H28F4N6O2S/c26-15-1-2-19(12-15)37-23(25(36)33-18-10-16(27)9-17(28)11-18)22(13-30)34-5-7-35(8-6-34)38-24(29)20-3-4-32-14-21(20)31/h3-4,9-11,13-15,19,24,30H,1-2,5-8,12,31H2,(H,33,36)/p+2. The molecule has 2 heterocycles. The van der Waals surface area contributed by atoms with Crippen LogP contribution in [-0.4, -0.2) is 60.5 Å². The number of hydrogen-bond donors (Lipinski definition) is 4. The second kappa shape index (κ2) is 12.5. The van der Waals surface area contributed by atoms with E-state index in [0.29, 0.717) is 50.7 Å². The van der Waals surface area contributed by atoms with Gasteiger partial charge >= 0.3 is 0 Å². The van der Waals surface area contributed by atoms with E-state index in [-0.39, 0.29) is 29.3 Å². The van der Waals surface area contributed by atoms with Gasteiger partial charge in [0.2, 0.25) is 11.3 Å². The lowest BCUT2D eigenvalue weighted by atomic mass is 10.2. The van der Waals surface area contributed by atoms with E-state index in [0.717, 1.165) is 28.4 Å². The third-order valence-corrected chi connectivity index (χ3v) is 7.59. The Bertz CT molecular complexity index is 1170. The summed E-state index contributed by atoms with van der Waals surface area (Å²) in [7, 11) is 0. The van der Waals surface area contributed by atoms with Crippen molar-refractivity contribution in [3.05, 3.63) is 65.3 Å². The molecule has 1 aromatic carbocycles. The highest BCUT2D eigenvalue weighted by Gasteiger charge is 2.34. The highest BCUT2D eigenvalue weighted by molar-refractivity contribution is 7.93. The summed E-state index contributed by atoms with van der Waals surface area (Å²) in [6.07, 6.45) is 3.36. The molecule has 8 nitrogen and oxygen atoms in total. The molecule has 3 unspecified atom stereocenters. The molecule has 0 spiro atoms. The van der Waals surface area contributed by atoms with Crippen LogP contribution in [0.3, 0.4) is 0 Å². The summed E-state index contributed by atoms with van der Waals surface area (Å²) >= 11 is 1.09. The molecule has 13 heteroatoms. The molecular weight excluding hydrogens is 524 g/mol. The second-order valence-corrected chi connectivity index (χ2v) is 10.3. The number of nitrogens with two attached hydrogens (primary N) is 2. The van der Waals surface area contributed by atoms with Crippen LogP contribution in [0.25, 0.3) is 0 Å². The molecule has 0 radical (unpaired) electrons. The molecule has 1 aliphatic carbocycles. The Morgan fingerprint density at radius 3 is 2.58 bits per heavy atom. The maximum Gasteiger partial charge on any atom is 0.293 e. The van der Waals surface area contributed by atoms with Crippen LogP contribution in [0, 0.1) is 11.6 Å². The van der Waals surface area contributed by atoms with Crippen molar-refractivity contribution < 1.29 is 36.8 Å². The highest BCUT2D eigenvalue weighted by Crippen LogP contribution is 2.30. The molecular formula is C25H30F4N6O2S+2. The van der Waals surface area contributed by atoms with Crippen molar-refractivity contribution >= 4 is 35.4 Å². The van der Waals surface area contributed by atoms with Gasteiger partial charge in [0.25, 0.3) is 5.91 Å². The lowest BCUT2D eigenvalue weighted by Gasteiger charge is -2.33. The fourth-order valence-electron chi connectivity index (χ4n) is 4.48. The van der Waals surface area contributed by atoms with Gasteiger partial charge in [-0.2, -0.15) is 0 Å². The summed E-state index contributed by atoms with van der Waals surface area (Å²) in [4.78, 5) is 18.9. The Morgan fingerprint density at radius 2 is 1.97 bits per heavy atom. The summed E-state index contributed by atoms with van der Waals surface area (Å²) in [5.74, 6) is -2.65. The van der Waals surface area contributed by atoms with Gasteiger partial charge < -0.3 is 20.7 Å². The summed E-state index contributed by atoms with van der Waals surface area (Å²) in [6, 6.07) is 4.18. The number of piperazine rings is 1. The number of halogens is 4. The van der Waals surface area contributed by atoms with Crippen LogP contribution in [-0.2, 0) is 9.53 Å². The van der Waals surface area contributed by atoms with Crippen molar-refractivity contribution in [2.45, 2.75) is 37.0 Å². The van der Waals surface area contributed by atoms with Crippen molar-refractivity contribution in [1.29, 1.82) is 0 Å². The SMILES string of the molecule is Nc1cnccc1C(F)S[NH+]1CCN(C(C=[NH2+])=C(OC2CCC(F)C2)C(=O)Nc2cc(F)cc(F)c2)CC1. The van der Waals surface area contributed by atoms with Gasteiger partial charge in [-0.15, -0.1) is 0 Å². The first kappa shape index (κ1) is 27.7. The topological polar surface area (TPSA) is 111 Å². The van der Waals surface area contributed by atoms with E-state index >= 15 is 0 Å². The zero-order valence-corrected chi connectivity index (χ0v) is 21.3. The molecule has 2 aliphatic rings. The minimum absolute atomic E-state index is 0.102. The summed E-state index contributed by atoms with van der Waals surface area (Å²) in [5, 5.41) is 8.37. The number of pyridine rings is 1. The Morgan fingerprint density at radius 1 is 1.26 bits per heavy atom.